The molecule has 0 aromatic heterocycles. The van der Waals surface area contributed by atoms with E-state index in [0.717, 1.165) is 25.7 Å². The Morgan fingerprint density at radius 3 is 1.44 bits per heavy atom. The van der Waals surface area contributed by atoms with Crippen LogP contribution in [0, 0.1) is 5.92 Å². The summed E-state index contributed by atoms with van der Waals surface area (Å²) in [6.07, 6.45) is 32.5. The molecule has 0 N–H and O–H groups in total. The predicted molar refractivity (Wildman–Crippen MR) is 141 cm³/mol. The summed E-state index contributed by atoms with van der Waals surface area (Å²) in [7, 11) is -4.60. The van der Waals surface area contributed by atoms with Crippen molar-refractivity contribution < 1.29 is 46.7 Å². The van der Waals surface area contributed by atoms with E-state index in [2.05, 4.69) is 24.1 Å². The van der Waals surface area contributed by atoms with Gasteiger partial charge in [-0.25, -0.2) is 8.42 Å². The number of unbranched alkanes of at least 4 members (excludes halogenated alkanes) is 19. The second-order valence-electron chi connectivity index (χ2n) is 9.82. The van der Waals surface area contributed by atoms with Crippen LogP contribution in [0.25, 0.3) is 0 Å². The molecule has 0 aliphatic heterocycles. The minimum atomic E-state index is -4.60. The largest absolute Gasteiger partial charge is 1.00 e. The van der Waals surface area contributed by atoms with E-state index in [9.17, 15) is 13.0 Å². The van der Waals surface area contributed by atoms with Crippen molar-refractivity contribution >= 4 is 10.4 Å². The third-order valence-electron chi connectivity index (χ3n) is 6.49. The first-order valence-corrected chi connectivity index (χ1v) is 15.6. The summed E-state index contributed by atoms with van der Waals surface area (Å²) in [5.41, 5.74) is 0. The normalized spacial score (nSPS) is 12.8. The van der Waals surface area contributed by atoms with Crippen molar-refractivity contribution in [1.82, 2.24) is 0 Å². The number of allylic oxidation sites excluding steroid dienone is 1. The fourth-order valence-electron chi connectivity index (χ4n) is 4.34. The molecule has 198 valence electrons. The zero-order valence-corrected chi connectivity index (χ0v) is 25.9. The standard InChI is InChI=1S/C28H56O4S.Na/c1-3-5-7-9-10-11-12-13-14-15-16-17-18-19-20-22-24-26-28(27-32-33(29,30)31)25-23-21-8-6-4-2;/h23,25,28H,3-22,24,26-27H2,1-2H3,(H,29,30,31);/q;+1/p-1/b25-23+;. The Balaban J connectivity index is 0. The van der Waals surface area contributed by atoms with Crippen molar-refractivity contribution in [3.05, 3.63) is 12.2 Å². The fraction of sp³-hybridized carbons (Fsp3) is 0.929. The van der Waals surface area contributed by atoms with E-state index in [1.54, 1.807) is 0 Å². The van der Waals surface area contributed by atoms with Gasteiger partial charge in [-0.3, -0.25) is 4.18 Å². The van der Waals surface area contributed by atoms with Crippen LogP contribution in [0.1, 0.15) is 155 Å². The van der Waals surface area contributed by atoms with Gasteiger partial charge in [-0.1, -0.05) is 148 Å². The van der Waals surface area contributed by atoms with Crippen LogP contribution in [0.5, 0.6) is 0 Å². The Kier molecular flexibility index (Phi) is 30.5. The van der Waals surface area contributed by atoms with Crippen LogP contribution in [-0.4, -0.2) is 19.6 Å². The minimum absolute atomic E-state index is 0. The molecule has 6 heteroatoms. The van der Waals surface area contributed by atoms with Gasteiger partial charge in [0.1, 0.15) is 0 Å². The van der Waals surface area contributed by atoms with E-state index in [4.69, 9.17) is 0 Å². The molecule has 0 spiro atoms. The summed E-state index contributed by atoms with van der Waals surface area (Å²) in [5.74, 6) is 0.0201. The van der Waals surface area contributed by atoms with E-state index in [1.807, 2.05) is 6.08 Å². The van der Waals surface area contributed by atoms with Gasteiger partial charge in [-0.15, -0.1) is 0 Å². The van der Waals surface area contributed by atoms with Gasteiger partial charge in [-0.05, 0) is 19.3 Å². The van der Waals surface area contributed by atoms with Crippen molar-refractivity contribution in [2.24, 2.45) is 5.92 Å². The fourth-order valence-corrected chi connectivity index (χ4v) is 4.68. The maximum absolute atomic E-state index is 10.8. The Morgan fingerprint density at radius 2 is 1.03 bits per heavy atom. The summed E-state index contributed by atoms with van der Waals surface area (Å²) in [6.45, 7) is 4.44. The van der Waals surface area contributed by atoms with E-state index >= 15 is 0 Å². The molecule has 4 nitrogen and oxygen atoms in total. The number of rotatable bonds is 26. The first-order chi connectivity index (χ1) is 16.0. The molecule has 0 bridgehead atoms. The maximum atomic E-state index is 10.8. The third-order valence-corrected chi connectivity index (χ3v) is 6.91. The van der Waals surface area contributed by atoms with Crippen LogP contribution in [0.15, 0.2) is 12.2 Å². The Hall–Kier alpha value is 0.610. The van der Waals surface area contributed by atoms with Gasteiger partial charge in [0, 0.05) is 5.92 Å². The van der Waals surface area contributed by atoms with Crippen LogP contribution in [0.2, 0.25) is 0 Å². The Bertz CT molecular complexity index is 522. The second-order valence-corrected chi connectivity index (χ2v) is 10.9. The molecular weight excluding hydrogens is 455 g/mol. The quantitative estimate of drug-likeness (QED) is 0.0453. The van der Waals surface area contributed by atoms with Crippen LogP contribution in [0.4, 0.5) is 0 Å². The van der Waals surface area contributed by atoms with Gasteiger partial charge < -0.3 is 4.55 Å². The van der Waals surface area contributed by atoms with Gasteiger partial charge in [0.15, 0.2) is 0 Å². The predicted octanol–water partition coefficient (Wildman–Crippen LogP) is 6.26. The second kappa shape index (κ2) is 28.2. The molecule has 0 saturated carbocycles. The SMILES string of the molecule is CCCCC/C=C/C(CCCCCCCCCCCCCCCCCCC)COS(=O)(=O)[O-].[Na+]. The van der Waals surface area contributed by atoms with Crippen molar-refractivity contribution in [2.45, 2.75) is 155 Å². The van der Waals surface area contributed by atoms with Crippen LogP contribution in [0.3, 0.4) is 0 Å². The van der Waals surface area contributed by atoms with Gasteiger partial charge in [0.05, 0.1) is 6.61 Å². The van der Waals surface area contributed by atoms with Gasteiger partial charge in [-0.2, -0.15) is 0 Å². The Morgan fingerprint density at radius 1 is 0.647 bits per heavy atom. The molecular formula is C28H55NaO4S. The minimum Gasteiger partial charge on any atom is -0.726 e. The van der Waals surface area contributed by atoms with Crippen molar-refractivity contribution in [1.29, 1.82) is 0 Å². The van der Waals surface area contributed by atoms with E-state index in [0.29, 0.717) is 0 Å². The van der Waals surface area contributed by atoms with E-state index < -0.39 is 10.4 Å². The summed E-state index contributed by atoms with van der Waals surface area (Å²) in [6, 6.07) is 0. The summed E-state index contributed by atoms with van der Waals surface area (Å²) >= 11 is 0. The summed E-state index contributed by atoms with van der Waals surface area (Å²) in [4.78, 5) is 0. The Labute approximate surface area is 235 Å². The van der Waals surface area contributed by atoms with Crippen molar-refractivity contribution in [3.8, 4) is 0 Å². The molecule has 1 atom stereocenters. The smallest absolute Gasteiger partial charge is 0.726 e. The van der Waals surface area contributed by atoms with Crippen LogP contribution < -0.4 is 29.6 Å². The molecule has 0 heterocycles. The van der Waals surface area contributed by atoms with Crippen LogP contribution >= 0.6 is 0 Å². The average Bonchev–Trinajstić information content (AvgIpc) is 2.78. The molecule has 0 aliphatic carbocycles. The first kappa shape index (κ1) is 36.8. The molecule has 34 heavy (non-hydrogen) atoms. The van der Waals surface area contributed by atoms with E-state index in [1.165, 1.54) is 116 Å². The third kappa shape index (κ3) is 30.6. The van der Waals surface area contributed by atoms with E-state index in [-0.39, 0.29) is 42.1 Å². The molecule has 0 rings (SSSR count). The molecule has 0 amide bonds. The topological polar surface area (TPSA) is 66.4 Å². The monoisotopic (exact) mass is 510 g/mol. The zero-order valence-electron chi connectivity index (χ0n) is 23.0. The molecule has 0 aliphatic rings. The molecule has 0 aromatic rings. The molecule has 0 saturated heterocycles. The van der Waals surface area contributed by atoms with Crippen LogP contribution in [-0.2, 0) is 14.6 Å². The number of hydrogen-bond acceptors (Lipinski definition) is 4. The molecule has 1 unspecified atom stereocenters. The van der Waals surface area contributed by atoms with Crippen molar-refractivity contribution in [3.63, 3.8) is 0 Å². The van der Waals surface area contributed by atoms with Gasteiger partial charge in [0.25, 0.3) is 0 Å². The zero-order chi connectivity index (χ0) is 24.5. The van der Waals surface area contributed by atoms with Gasteiger partial charge in [0.2, 0.25) is 10.4 Å². The van der Waals surface area contributed by atoms with Crippen molar-refractivity contribution in [2.75, 3.05) is 6.61 Å². The summed E-state index contributed by atoms with van der Waals surface area (Å²) in [5, 5.41) is 0. The first-order valence-electron chi connectivity index (χ1n) is 14.3. The van der Waals surface area contributed by atoms with Gasteiger partial charge >= 0.3 is 29.6 Å². The molecule has 0 radical (unpaired) electrons. The molecule has 0 fully saturated rings. The maximum Gasteiger partial charge on any atom is 1.00 e. The summed E-state index contributed by atoms with van der Waals surface area (Å²) < 4.78 is 36.9. The number of hydrogen-bond donors (Lipinski definition) is 0. The average molecular weight is 511 g/mol. The molecule has 0 aromatic carbocycles.